The molecule has 3 nitrogen and oxygen atoms in total. The van der Waals surface area contributed by atoms with Crippen molar-refractivity contribution >= 4 is 22.9 Å². The van der Waals surface area contributed by atoms with Gasteiger partial charge in [-0.3, -0.25) is 4.98 Å². The fourth-order valence-corrected chi connectivity index (χ4v) is 3.49. The number of nitrogens with zero attached hydrogens (tertiary/aromatic N) is 3. The summed E-state index contributed by atoms with van der Waals surface area (Å²) >= 11 is 0. The van der Waals surface area contributed by atoms with Crippen LogP contribution in [0.4, 0.5) is 4.39 Å². The molecule has 0 amide bonds. The quantitative estimate of drug-likeness (QED) is 0.703. The summed E-state index contributed by atoms with van der Waals surface area (Å²) in [6, 6.07) is 9.79. The molecular formula is C20H20FN3. The average molecular weight is 321 g/mol. The molecule has 0 unspecified atom stereocenters. The first-order valence-corrected chi connectivity index (χ1v) is 8.22. The van der Waals surface area contributed by atoms with E-state index in [0.29, 0.717) is 5.56 Å². The van der Waals surface area contributed by atoms with Gasteiger partial charge in [-0.1, -0.05) is 11.6 Å². The van der Waals surface area contributed by atoms with Crippen LogP contribution in [0.2, 0.25) is 0 Å². The van der Waals surface area contributed by atoms with E-state index in [4.69, 9.17) is 0 Å². The van der Waals surface area contributed by atoms with Gasteiger partial charge in [0, 0.05) is 54.7 Å². The second-order valence-electron chi connectivity index (χ2n) is 6.52. The topological polar surface area (TPSA) is 21.1 Å². The van der Waals surface area contributed by atoms with Crippen molar-refractivity contribution in [1.82, 2.24) is 14.5 Å². The Hall–Kier alpha value is -2.46. The first kappa shape index (κ1) is 15.1. The normalized spacial score (nSPS) is 15.7. The average Bonchev–Trinajstić information content (AvgIpc) is 2.88. The summed E-state index contributed by atoms with van der Waals surface area (Å²) in [5, 5.41) is 1.23. The number of aryl methyl sites for hydroxylation is 1. The van der Waals surface area contributed by atoms with Gasteiger partial charge in [0.05, 0.1) is 5.52 Å². The predicted molar refractivity (Wildman–Crippen MR) is 96.2 cm³/mol. The van der Waals surface area contributed by atoms with Gasteiger partial charge in [0.15, 0.2) is 0 Å². The third-order valence-electron chi connectivity index (χ3n) is 4.73. The van der Waals surface area contributed by atoms with E-state index in [0.717, 1.165) is 25.0 Å². The molecule has 0 atom stereocenters. The van der Waals surface area contributed by atoms with E-state index in [1.165, 1.54) is 22.2 Å². The highest BCUT2D eigenvalue weighted by molar-refractivity contribution is 5.90. The molecule has 0 spiro atoms. The minimum absolute atomic E-state index is 0.239. The van der Waals surface area contributed by atoms with Crippen LogP contribution >= 0.6 is 0 Å². The molecule has 0 saturated carbocycles. The number of benzene rings is 1. The second-order valence-corrected chi connectivity index (χ2v) is 6.52. The number of rotatable bonds is 2. The Morgan fingerprint density at radius 1 is 1.21 bits per heavy atom. The summed E-state index contributed by atoms with van der Waals surface area (Å²) in [5.74, 6) is -0.239. The maximum atomic E-state index is 14.8. The number of halogens is 1. The van der Waals surface area contributed by atoms with Crippen molar-refractivity contribution < 1.29 is 4.39 Å². The molecule has 24 heavy (non-hydrogen) atoms. The van der Waals surface area contributed by atoms with Gasteiger partial charge in [-0.05, 0) is 43.8 Å². The molecule has 0 bridgehead atoms. The lowest BCUT2D eigenvalue weighted by atomic mass is 10.0. The molecule has 1 aliphatic heterocycles. The monoisotopic (exact) mass is 321 g/mol. The van der Waals surface area contributed by atoms with E-state index in [-0.39, 0.29) is 5.83 Å². The molecule has 4 heteroatoms. The Balaban J connectivity index is 1.92. The molecule has 1 aliphatic rings. The summed E-state index contributed by atoms with van der Waals surface area (Å²) < 4.78 is 16.8. The number of fused-ring (bicyclic) bond motifs is 3. The van der Waals surface area contributed by atoms with Crippen LogP contribution in [-0.2, 0) is 13.0 Å². The minimum Gasteiger partial charge on any atom is -0.317 e. The first-order chi connectivity index (χ1) is 11.6. The van der Waals surface area contributed by atoms with Crippen LogP contribution in [0.25, 0.3) is 22.9 Å². The Bertz CT molecular complexity index is 925. The number of aromatic nitrogens is 2. The van der Waals surface area contributed by atoms with Crippen molar-refractivity contribution in [3.05, 3.63) is 65.1 Å². The summed E-state index contributed by atoms with van der Waals surface area (Å²) in [6.45, 7) is 4.00. The minimum atomic E-state index is -0.239. The molecule has 3 aromatic rings. The van der Waals surface area contributed by atoms with E-state index >= 15 is 0 Å². The van der Waals surface area contributed by atoms with Gasteiger partial charge >= 0.3 is 0 Å². The number of hydrogen-bond acceptors (Lipinski definition) is 2. The summed E-state index contributed by atoms with van der Waals surface area (Å²) in [7, 11) is 2.13. The lowest BCUT2D eigenvalue weighted by Gasteiger charge is -2.23. The summed E-state index contributed by atoms with van der Waals surface area (Å²) in [6.07, 6.45) is 5.78. The SMILES string of the molecule is Cc1ccc2c(c1)c1c(n2/C=C(\F)c2ccncc2)CCN(C)C1. The molecule has 0 fully saturated rings. The van der Waals surface area contributed by atoms with Crippen molar-refractivity contribution in [2.24, 2.45) is 0 Å². The second kappa shape index (κ2) is 5.87. The smallest absolute Gasteiger partial charge is 0.147 e. The van der Waals surface area contributed by atoms with Gasteiger partial charge in [0.2, 0.25) is 0 Å². The van der Waals surface area contributed by atoms with E-state index in [1.54, 1.807) is 30.7 Å². The predicted octanol–water partition coefficient (Wildman–Crippen LogP) is 4.26. The molecule has 4 rings (SSSR count). The zero-order valence-electron chi connectivity index (χ0n) is 14.0. The Morgan fingerprint density at radius 2 is 2.00 bits per heavy atom. The molecule has 1 aromatic carbocycles. The maximum Gasteiger partial charge on any atom is 0.147 e. The Kier molecular flexibility index (Phi) is 3.69. The Morgan fingerprint density at radius 3 is 2.79 bits per heavy atom. The fraction of sp³-hybridized carbons (Fsp3) is 0.250. The summed E-state index contributed by atoms with van der Waals surface area (Å²) in [5.41, 5.74) is 5.40. The van der Waals surface area contributed by atoms with Gasteiger partial charge < -0.3 is 9.47 Å². The third kappa shape index (κ3) is 2.53. The molecule has 3 heterocycles. The van der Waals surface area contributed by atoms with Crippen LogP contribution in [0.15, 0.2) is 42.7 Å². The standard InChI is InChI=1S/C20H20FN3/c1-14-3-4-19-16(11-14)17-12-23(2)10-7-20(17)24(19)13-18(21)15-5-8-22-9-6-15/h3-6,8-9,11,13H,7,10,12H2,1-2H3/b18-13-. The highest BCUT2D eigenvalue weighted by Crippen LogP contribution is 2.32. The van der Waals surface area contributed by atoms with Crippen molar-refractivity contribution in [3.8, 4) is 0 Å². The lowest BCUT2D eigenvalue weighted by molar-refractivity contribution is 0.312. The molecule has 0 N–H and O–H groups in total. The molecule has 0 saturated heterocycles. The van der Waals surface area contributed by atoms with Crippen molar-refractivity contribution in [3.63, 3.8) is 0 Å². The van der Waals surface area contributed by atoms with Crippen molar-refractivity contribution in [2.45, 2.75) is 19.9 Å². The van der Waals surface area contributed by atoms with E-state index in [2.05, 4.69) is 42.1 Å². The highest BCUT2D eigenvalue weighted by Gasteiger charge is 2.22. The fourth-order valence-electron chi connectivity index (χ4n) is 3.49. The molecule has 2 aromatic heterocycles. The van der Waals surface area contributed by atoms with Crippen LogP contribution in [0.3, 0.4) is 0 Å². The molecule has 122 valence electrons. The van der Waals surface area contributed by atoms with Gasteiger partial charge in [0.25, 0.3) is 0 Å². The van der Waals surface area contributed by atoms with Gasteiger partial charge in [0.1, 0.15) is 5.83 Å². The van der Waals surface area contributed by atoms with E-state index < -0.39 is 0 Å². The third-order valence-corrected chi connectivity index (χ3v) is 4.73. The maximum absolute atomic E-state index is 14.8. The highest BCUT2D eigenvalue weighted by atomic mass is 19.1. The molecule has 0 aliphatic carbocycles. The van der Waals surface area contributed by atoms with Crippen LogP contribution in [0.1, 0.15) is 22.4 Å². The summed E-state index contributed by atoms with van der Waals surface area (Å²) in [4.78, 5) is 6.27. The largest absolute Gasteiger partial charge is 0.317 e. The first-order valence-electron chi connectivity index (χ1n) is 8.22. The van der Waals surface area contributed by atoms with Gasteiger partial charge in [-0.15, -0.1) is 0 Å². The van der Waals surface area contributed by atoms with Crippen LogP contribution in [-0.4, -0.2) is 28.0 Å². The Labute approximate surface area is 141 Å². The van der Waals surface area contributed by atoms with Crippen molar-refractivity contribution in [2.75, 3.05) is 13.6 Å². The van der Waals surface area contributed by atoms with Crippen LogP contribution < -0.4 is 0 Å². The van der Waals surface area contributed by atoms with E-state index in [9.17, 15) is 4.39 Å². The van der Waals surface area contributed by atoms with E-state index in [1.807, 2.05) is 4.57 Å². The zero-order valence-corrected chi connectivity index (χ0v) is 14.0. The molecular weight excluding hydrogens is 301 g/mol. The lowest BCUT2D eigenvalue weighted by Crippen LogP contribution is -2.26. The van der Waals surface area contributed by atoms with Crippen molar-refractivity contribution in [1.29, 1.82) is 0 Å². The van der Waals surface area contributed by atoms with Crippen LogP contribution in [0, 0.1) is 6.92 Å². The van der Waals surface area contributed by atoms with Gasteiger partial charge in [-0.25, -0.2) is 4.39 Å². The zero-order chi connectivity index (χ0) is 16.7. The molecule has 0 radical (unpaired) electrons. The number of pyridine rings is 1. The number of likely N-dealkylation sites (N-methyl/N-ethyl adjacent to an activating group) is 1. The van der Waals surface area contributed by atoms with Gasteiger partial charge in [-0.2, -0.15) is 0 Å². The van der Waals surface area contributed by atoms with Crippen LogP contribution in [0.5, 0.6) is 0 Å². The number of hydrogen-bond donors (Lipinski definition) is 0.